The van der Waals surface area contributed by atoms with Gasteiger partial charge < -0.3 is 10.6 Å². The lowest BCUT2D eigenvalue weighted by Gasteiger charge is -2.12. The fourth-order valence-electron chi connectivity index (χ4n) is 2.31. The molecule has 0 radical (unpaired) electrons. The van der Waals surface area contributed by atoms with Crippen LogP contribution in [0.25, 0.3) is 0 Å². The minimum absolute atomic E-state index is 0.101. The zero-order valence-electron chi connectivity index (χ0n) is 13.4. The minimum atomic E-state index is -0.515. The Bertz CT molecular complexity index is 923. The average molecular weight is 354 g/mol. The van der Waals surface area contributed by atoms with Crippen LogP contribution in [0, 0.1) is 12.7 Å². The van der Waals surface area contributed by atoms with E-state index in [1.54, 1.807) is 53.9 Å². The van der Waals surface area contributed by atoms with Gasteiger partial charge in [0, 0.05) is 0 Å². The normalized spacial score (nSPS) is 10.3. The van der Waals surface area contributed by atoms with E-state index in [0.717, 1.165) is 5.56 Å². The van der Waals surface area contributed by atoms with Crippen LogP contribution in [0.4, 0.5) is 15.8 Å². The molecule has 2 N–H and O–H groups in total. The van der Waals surface area contributed by atoms with Gasteiger partial charge in [0.1, 0.15) is 5.82 Å². The number of rotatable bonds is 4. The molecule has 0 aliphatic rings. The molecule has 3 aromatic rings. The zero-order chi connectivity index (χ0) is 17.8. The fraction of sp³-hybridized carbons (Fsp3) is 0.0526. The van der Waals surface area contributed by atoms with E-state index in [2.05, 4.69) is 10.6 Å². The molecular formula is C19H15FN2O2S. The number of hydrogen-bond donors (Lipinski definition) is 2. The van der Waals surface area contributed by atoms with E-state index in [4.69, 9.17) is 0 Å². The summed E-state index contributed by atoms with van der Waals surface area (Å²) in [6.45, 7) is 1.81. The predicted octanol–water partition coefficient (Wildman–Crippen LogP) is 4.70. The number of benzene rings is 2. The van der Waals surface area contributed by atoms with Crippen molar-refractivity contribution in [2.24, 2.45) is 0 Å². The summed E-state index contributed by atoms with van der Waals surface area (Å²) in [5.41, 5.74) is 1.56. The summed E-state index contributed by atoms with van der Waals surface area (Å²) in [6.07, 6.45) is 0. The van der Waals surface area contributed by atoms with Crippen molar-refractivity contribution in [2.45, 2.75) is 6.92 Å². The number of halogens is 1. The maximum Gasteiger partial charge on any atom is 0.265 e. The summed E-state index contributed by atoms with van der Waals surface area (Å²) in [4.78, 5) is 25.3. The molecule has 0 saturated carbocycles. The lowest BCUT2D eigenvalue weighted by Crippen LogP contribution is -2.18. The maximum absolute atomic E-state index is 13.9. The molecule has 4 nitrogen and oxygen atoms in total. The van der Waals surface area contributed by atoms with Gasteiger partial charge in [0.05, 0.1) is 21.8 Å². The molecule has 1 aromatic heterocycles. The topological polar surface area (TPSA) is 58.2 Å². The van der Waals surface area contributed by atoms with Crippen molar-refractivity contribution in [3.63, 3.8) is 0 Å². The molecular weight excluding hydrogens is 339 g/mol. The molecule has 0 bridgehead atoms. The second-order valence-corrected chi connectivity index (χ2v) is 6.36. The predicted molar refractivity (Wildman–Crippen MR) is 97.8 cm³/mol. The van der Waals surface area contributed by atoms with Crippen LogP contribution in [0.2, 0.25) is 0 Å². The smallest absolute Gasteiger partial charge is 0.265 e. The zero-order valence-corrected chi connectivity index (χ0v) is 14.2. The van der Waals surface area contributed by atoms with Crippen LogP contribution >= 0.6 is 11.3 Å². The van der Waals surface area contributed by atoms with Gasteiger partial charge >= 0.3 is 0 Å². The van der Waals surface area contributed by atoms with Gasteiger partial charge in [0.2, 0.25) is 0 Å². The van der Waals surface area contributed by atoms with Gasteiger partial charge in [-0.2, -0.15) is 0 Å². The van der Waals surface area contributed by atoms with Crippen LogP contribution in [0.5, 0.6) is 0 Å². The fourth-order valence-corrected chi connectivity index (χ4v) is 2.93. The Labute approximate surface area is 148 Å². The number of para-hydroxylation sites is 1. The Morgan fingerprint density at radius 3 is 2.44 bits per heavy atom. The number of aryl methyl sites for hydroxylation is 1. The Kier molecular flexibility index (Phi) is 4.90. The minimum Gasteiger partial charge on any atom is -0.321 e. The molecule has 0 spiro atoms. The lowest BCUT2D eigenvalue weighted by atomic mass is 10.1. The number of carbonyl (C=O) groups excluding carboxylic acids is 2. The van der Waals surface area contributed by atoms with Crippen LogP contribution in [0.3, 0.4) is 0 Å². The van der Waals surface area contributed by atoms with Crippen molar-refractivity contribution in [2.75, 3.05) is 10.6 Å². The highest BCUT2D eigenvalue weighted by molar-refractivity contribution is 7.12. The summed E-state index contributed by atoms with van der Waals surface area (Å²) in [5.74, 6) is -1.30. The molecule has 0 fully saturated rings. The molecule has 6 heteroatoms. The molecule has 2 aromatic carbocycles. The second kappa shape index (κ2) is 7.27. The number of carbonyl (C=O) groups is 2. The first-order chi connectivity index (χ1) is 12.0. The third-order valence-corrected chi connectivity index (χ3v) is 4.40. The average Bonchev–Trinajstić information content (AvgIpc) is 3.13. The summed E-state index contributed by atoms with van der Waals surface area (Å²) >= 11 is 1.31. The quantitative estimate of drug-likeness (QED) is 0.713. The van der Waals surface area contributed by atoms with Gasteiger partial charge in [-0.05, 0) is 48.2 Å². The van der Waals surface area contributed by atoms with E-state index < -0.39 is 11.7 Å². The van der Waals surface area contributed by atoms with Gasteiger partial charge in [0.25, 0.3) is 11.8 Å². The highest BCUT2D eigenvalue weighted by atomic mass is 32.1. The highest BCUT2D eigenvalue weighted by Gasteiger charge is 2.16. The summed E-state index contributed by atoms with van der Waals surface area (Å²) in [5, 5.41) is 7.08. The first-order valence-electron chi connectivity index (χ1n) is 7.56. The molecule has 0 aliphatic carbocycles. The van der Waals surface area contributed by atoms with Gasteiger partial charge in [-0.1, -0.05) is 24.3 Å². The molecule has 0 aliphatic heterocycles. The molecule has 0 atom stereocenters. The molecule has 126 valence electrons. The molecule has 0 saturated heterocycles. The number of nitrogens with one attached hydrogen (secondary N) is 2. The van der Waals surface area contributed by atoms with E-state index in [-0.39, 0.29) is 17.2 Å². The molecule has 2 amide bonds. The Balaban J connectivity index is 1.83. The van der Waals surface area contributed by atoms with Crippen molar-refractivity contribution in [3.8, 4) is 0 Å². The van der Waals surface area contributed by atoms with E-state index in [9.17, 15) is 14.0 Å². The van der Waals surface area contributed by atoms with Crippen molar-refractivity contribution in [1.29, 1.82) is 0 Å². The van der Waals surface area contributed by atoms with Gasteiger partial charge in [-0.3, -0.25) is 9.59 Å². The van der Waals surface area contributed by atoms with E-state index in [1.807, 2.05) is 6.92 Å². The number of anilines is 2. The number of amides is 2. The first kappa shape index (κ1) is 16.9. The van der Waals surface area contributed by atoms with Crippen LogP contribution in [0.1, 0.15) is 25.6 Å². The molecule has 0 unspecified atom stereocenters. The van der Waals surface area contributed by atoms with Crippen molar-refractivity contribution in [1.82, 2.24) is 0 Å². The summed E-state index contributed by atoms with van der Waals surface area (Å²) in [7, 11) is 0. The van der Waals surface area contributed by atoms with Crippen LogP contribution in [0.15, 0.2) is 60.0 Å². The lowest BCUT2D eigenvalue weighted by molar-refractivity contribution is 0.102. The SMILES string of the molecule is Cc1ccc(F)c(NC(=O)c2ccccc2NC(=O)c2cccs2)c1. The molecule has 25 heavy (non-hydrogen) atoms. The standard InChI is InChI=1S/C19H15FN2O2S/c1-12-8-9-14(20)16(11-12)22-18(23)13-5-2-3-6-15(13)21-19(24)17-7-4-10-25-17/h2-11H,1H3,(H,21,24)(H,22,23). The van der Waals surface area contributed by atoms with Gasteiger partial charge in [-0.15, -0.1) is 11.3 Å². The van der Waals surface area contributed by atoms with Gasteiger partial charge in [-0.25, -0.2) is 4.39 Å². The van der Waals surface area contributed by atoms with E-state index in [0.29, 0.717) is 10.6 Å². The first-order valence-corrected chi connectivity index (χ1v) is 8.44. The van der Waals surface area contributed by atoms with Crippen molar-refractivity contribution in [3.05, 3.63) is 81.8 Å². The van der Waals surface area contributed by atoms with Crippen molar-refractivity contribution >= 4 is 34.5 Å². The second-order valence-electron chi connectivity index (χ2n) is 5.41. The largest absolute Gasteiger partial charge is 0.321 e. The van der Waals surface area contributed by atoms with Gasteiger partial charge in [0.15, 0.2) is 0 Å². The van der Waals surface area contributed by atoms with Crippen LogP contribution in [-0.2, 0) is 0 Å². The van der Waals surface area contributed by atoms with E-state index in [1.165, 1.54) is 17.4 Å². The third kappa shape index (κ3) is 3.92. The monoisotopic (exact) mass is 354 g/mol. The molecule has 1 heterocycles. The Hall–Kier alpha value is -2.99. The third-order valence-electron chi connectivity index (χ3n) is 3.53. The Morgan fingerprint density at radius 1 is 0.920 bits per heavy atom. The van der Waals surface area contributed by atoms with Crippen LogP contribution in [-0.4, -0.2) is 11.8 Å². The number of thiophene rings is 1. The highest BCUT2D eigenvalue weighted by Crippen LogP contribution is 2.21. The number of hydrogen-bond acceptors (Lipinski definition) is 3. The maximum atomic E-state index is 13.9. The summed E-state index contributed by atoms with van der Waals surface area (Å²) < 4.78 is 13.9. The van der Waals surface area contributed by atoms with E-state index >= 15 is 0 Å². The van der Waals surface area contributed by atoms with Crippen LogP contribution < -0.4 is 10.6 Å². The Morgan fingerprint density at radius 2 is 1.68 bits per heavy atom. The molecule has 3 rings (SSSR count). The summed E-state index contributed by atoms with van der Waals surface area (Å²) in [6, 6.07) is 14.6. The van der Waals surface area contributed by atoms with Crippen molar-refractivity contribution < 1.29 is 14.0 Å².